The van der Waals surface area contributed by atoms with Gasteiger partial charge in [-0.2, -0.15) is 0 Å². The Bertz CT molecular complexity index is 565. The van der Waals surface area contributed by atoms with Gasteiger partial charge < -0.3 is 24.4 Å². The molecule has 0 saturated carbocycles. The number of rotatable bonds is 8. The third-order valence-electron chi connectivity index (χ3n) is 4.12. The molecule has 6 nitrogen and oxygen atoms in total. The first-order chi connectivity index (χ1) is 11.6. The van der Waals surface area contributed by atoms with Crippen LogP contribution in [0.2, 0.25) is 0 Å². The molecule has 0 bridgehead atoms. The second kappa shape index (κ2) is 8.70. The van der Waals surface area contributed by atoms with Crippen LogP contribution in [-0.2, 0) is 14.3 Å². The molecule has 3 atom stereocenters. The Morgan fingerprint density at radius 3 is 2.54 bits per heavy atom. The summed E-state index contributed by atoms with van der Waals surface area (Å²) in [5.74, 6) is -0.720. The van der Waals surface area contributed by atoms with Gasteiger partial charge in [-0.1, -0.05) is 12.1 Å². The number of aliphatic carboxylic acids is 1. The lowest BCUT2D eigenvalue weighted by Crippen LogP contribution is -2.36. The highest BCUT2D eigenvalue weighted by molar-refractivity contribution is 5.84. The fourth-order valence-corrected chi connectivity index (χ4v) is 2.96. The van der Waals surface area contributed by atoms with E-state index in [0.717, 1.165) is 11.3 Å². The number of aliphatic hydroxyl groups is 1. The minimum absolute atomic E-state index is 0.0696. The van der Waals surface area contributed by atoms with Gasteiger partial charge in [0, 0.05) is 25.0 Å². The van der Waals surface area contributed by atoms with Gasteiger partial charge in [0.2, 0.25) is 12.0 Å². The van der Waals surface area contributed by atoms with Crippen molar-refractivity contribution in [2.45, 2.75) is 32.0 Å². The van der Waals surface area contributed by atoms with Crippen LogP contribution in [-0.4, -0.2) is 42.8 Å². The number of hydrogen-bond donors (Lipinski definition) is 2. The first-order valence-electron chi connectivity index (χ1n) is 8.08. The van der Waals surface area contributed by atoms with E-state index in [-0.39, 0.29) is 24.2 Å². The molecule has 0 saturated heterocycles. The Morgan fingerprint density at radius 2 is 2.00 bits per heavy atom. The van der Waals surface area contributed by atoms with Crippen LogP contribution in [0.5, 0.6) is 5.75 Å². The van der Waals surface area contributed by atoms with E-state index >= 15 is 0 Å². The van der Waals surface area contributed by atoms with E-state index in [1.54, 1.807) is 13.2 Å². The molecule has 24 heavy (non-hydrogen) atoms. The van der Waals surface area contributed by atoms with Gasteiger partial charge in [0.25, 0.3) is 0 Å². The molecule has 1 heterocycles. The van der Waals surface area contributed by atoms with Gasteiger partial charge in [-0.25, -0.2) is 4.79 Å². The number of carboxylic acid groups (broad SMARTS) is 1. The van der Waals surface area contributed by atoms with E-state index in [1.807, 2.05) is 31.2 Å². The molecule has 1 aromatic carbocycles. The average molecular weight is 336 g/mol. The number of aliphatic hydroxyl groups excluding tert-OH is 1. The molecule has 1 aliphatic heterocycles. The standard InChI is InChI=1S/C18H24O6/c1-3-23-18-14(5-4-10-19)15(11-16(24-18)17(20)21)12-6-8-13(22-2)9-7-12/h6-9,11,14-15,18-19H,3-5,10H2,1-2H3,(H,20,21)/t14-,15+,18+/m1/s1. The molecule has 0 unspecified atom stereocenters. The second-order valence-electron chi connectivity index (χ2n) is 5.61. The zero-order chi connectivity index (χ0) is 17.5. The molecule has 132 valence electrons. The number of benzene rings is 1. The lowest BCUT2D eigenvalue weighted by Gasteiger charge is -2.36. The summed E-state index contributed by atoms with van der Waals surface area (Å²) < 4.78 is 16.3. The summed E-state index contributed by atoms with van der Waals surface area (Å²) in [6.45, 7) is 2.33. The van der Waals surface area contributed by atoms with Gasteiger partial charge in [0.05, 0.1) is 7.11 Å². The molecule has 2 N–H and O–H groups in total. The summed E-state index contributed by atoms with van der Waals surface area (Å²) in [6.07, 6.45) is 2.24. The van der Waals surface area contributed by atoms with Crippen LogP contribution in [0.1, 0.15) is 31.2 Å². The van der Waals surface area contributed by atoms with Crippen molar-refractivity contribution in [3.8, 4) is 5.75 Å². The van der Waals surface area contributed by atoms with E-state index in [0.29, 0.717) is 19.4 Å². The quantitative estimate of drug-likeness (QED) is 0.759. The molecule has 0 fully saturated rings. The van der Waals surface area contributed by atoms with Crippen LogP contribution in [0.4, 0.5) is 0 Å². The predicted octanol–water partition coefficient (Wildman–Crippen LogP) is 2.53. The second-order valence-corrected chi connectivity index (χ2v) is 5.61. The summed E-state index contributed by atoms with van der Waals surface area (Å²) in [7, 11) is 1.60. The Kier molecular flexibility index (Phi) is 6.63. The molecule has 0 radical (unpaired) electrons. The minimum Gasteiger partial charge on any atom is -0.497 e. The zero-order valence-corrected chi connectivity index (χ0v) is 14.0. The summed E-state index contributed by atoms with van der Waals surface area (Å²) in [4.78, 5) is 11.4. The molecular formula is C18H24O6. The third kappa shape index (κ3) is 4.27. The van der Waals surface area contributed by atoms with Crippen molar-refractivity contribution >= 4 is 5.97 Å². The van der Waals surface area contributed by atoms with Crippen molar-refractivity contribution in [3.63, 3.8) is 0 Å². The highest BCUT2D eigenvalue weighted by atomic mass is 16.7. The zero-order valence-electron chi connectivity index (χ0n) is 14.0. The normalized spacial score (nSPS) is 23.3. The molecule has 0 aliphatic carbocycles. The van der Waals surface area contributed by atoms with Gasteiger partial charge >= 0.3 is 5.97 Å². The van der Waals surface area contributed by atoms with Crippen LogP contribution in [0.3, 0.4) is 0 Å². The van der Waals surface area contributed by atoms with Crippen molar-refractivity contribution in [2.75, 3.05) is 20.3 Å². The summed E-state index contributed by atoms with van der Waals surface area (Å²) in [5.41, 5.74) is 0.963. The molecule has 6 heteroatoms. The van der Waals surface area contributed by atoms with Gasteiger partial charge in [-0.15, -0.1) is 0 Å². The number of hydrogen-bond acceptors (Lipinski definition) is 5. The Hall–Kier alpha value is -2.05. The number of carbonyl (C=O) groups is 1. The summed E-state index contributed by atoms with van der Waals surface area (Å²) in [6, 6.07) is 7.52. The van der Waals surface area contributed by atoms with E-state index in [2.05, 4.69) is 0 Å². The van der Waals surface area contributed by atoms with Crippen molar-refractivity contribution in [3.05, 3.63) is 41.7 Å². The van der Waals surface area contributed by atoms with Crippen LogP contribution in [0.15, 0.2) is 36.1 Å². The number of methoxy groups -OCH3 is 1. The van der Waals surface area contributed by atoms with Crippen molar-refractivity contribution < 1.29 is 29.2 Å². The molecule has 0 amide bonds. The van der Waals surface area contributed by atoms with Crippen LogP contribution in [0, 0.1) is 5.92 Å². The highest BCUT2D eigenvalue weighted by Crippen LogP contribution is 2.39. The fourth-order valence-electron chi connectivity index (χ4n) is 2.96. The smallest absolute Gasteiger partial charge is 0.370 e. The van der Waals surface area contributed by atoms with Crippen LogP contribution < -0.4 is 4.74 Å². The van der Waals surface area contributed by atoms with E-state index in [1.165, 1.54) is 0 Å². The fraction of sp³-hybridized carbons (Fsp3) is 0.500. The maximum Gasteiger partial charge on any atom is 0.370 e. The van der Waals surface area contributed by atoms with E-state index in [4.69, 9.17) is 14.2 Å². The monoisotopic (exact) mass is 336 g/mol. The Labute approximate surface area is 141 Å². The molecule has 2 rings (SSSR count). The summed E-state index contributed by atoms with van der Waals surface area (Å²) >= 11 is 0. The molecule has 1 aliphatic rings. The summed E-state index contributed by atoms with van der Waals surface area (Å²) in [5, 5.41) is 18.5. The van der Waals surface area contributed by atoms with E-state index in [9.17, 15) is 15.0 Å². The Morgan fingerprint density at radius 1 is 1.29 bits per heavy atom. The van der Waals surface area contributed by atoms with Crippen molar-refractivity contribution in [1.82, 2.24) is 0 Å². The lowest BCUT2D eigenvalue weighted by molar-refractivity contribution is -0.173. The van der Waals surface area contributed by atoms with E-state index < -0.39 is 12.3 Å². The first-order valence-corrected chi connectivity index (χ1v) is 8.08. The molecule has 0 spiro atoms. The Balaban J connectivity index is 2.37. The minimum atomic E-state index is -1.11. The topological polar surface area (TPSA) is 85.2 Å². The average Bonchev–Trinajstić information content (AvgIpc) is 2.60. The number of allylic oxidation sites excluding steroid dienone is 1. The van der Waals surface area contributed by atoms with Gasteiger partial charge in [0.15, 0.2) is 0 Å². The van der Waals surface area contributed by atoms with Gasteiger partial charge in [-0.3, -0.25) is 0 Å². The predicted molar refractivity (Wildman–Crippen MR) is 87.8 cm³/mol. The number of carboxylic acids is 1. The highest BCUT2D eigenvalue weighted by Gasteiger charge is 2.37. The van der Waals surface area contributed by atoms with Gasteiger partial charge in [0.1, 0.15) is 5.75 Å². The molecular weight excluding hydrogens is 312 g/mol. The van der Waals surface area contributed by atoms with Crippen molar-refractivity contribution in [1.29, 1.82) is 0 Å². The maximum atomic E-state index is 11.4. The van der Waals surface area contributed by atoms with Crippen LogP contribution >= 0.6 is 0 Å². The third-order valence-corrected chi connectivity index (χ3v) is 4.12. The maximum absolute atomic E-state index is 11.4. The van der Waals surface area contributed by atoms with Crippen molar-refractivity contribution in [2.24, 2.45) is 5.92 Å². The molecule has 0 aromatic heterocycles. The van der Waals surface area contributed by atoms with Crippen LogP contribution in [0.25, 0.3) is 0 Å². The lowest BCUT2D eigenvalue weighted by atomic mass is 9.80. The first kappa shape index (κ1) is 18.3. The molecule has 1 aromatic rings. The largest absolute Gasteiger partial charge is 0.497 e. The van der Waals surface area contributed by atoms with Gasteiger partial charge in [-0.05, 0) is 43.5 Å². The SMILES string of the molecule is CCO[C@H]1OC(C(=O)O)=C[C@@H](c2ccc(OC)cc2)[C@H]1CCCO. The number of ether oxygens (including phenoxy) is 3.